The van der Waals surface area contributed by atoms with Crippen LogP contribution in [0.1, 0.15) is 22.9 Å². The van der Waals surface area contributed by atoms with Crippen LogP contribution >= 0.6 is 15.9 Å². The lowest BCUT2D eigenvalue weighted by molar-refractivity contribution is 0.248. The molecule has 5 heteroatoms. The normalized spacial score (nSPS) is 11.6. The van der Waals surface area contributed by atoms with Gasteiger partial charge in [-0.25, -0.2) is 4.79 Å². The Bertz CT molecular complexity index is 849. The van der Waals surface area contributed by atoms with E-state index in [9.17, 15) is 4.79 Å². The van der Waals surface area contributed by atoms with Crippen molar-refractivity contribution in [3.8, 4) is 0 Å². The molecule has 0 aliphatic rings. The average Bonchev–Trinajstić information content (AvgIpc) is 2.65. The summed E-state index contributed by atoms with van der Waals surface area (Å²) >= 11 is 3.39. The van der Waals surface area contributed by atoms with Gasteiger partial charge in [-0.05, 0) is 55.3 Å². The molecule has 0 aliphatic carbocycles. The van der Waals surface area contributed by atoms with E-state index in [2.05, 4.69) is 62.7 Å². The number of rotatable bonds is 5. The Kier molecular flexibility index (Phi) is 6.02. The Morgan fingerprint density at radius 1 is 1.04 bits per heavy atom. The van der Waals surface area contributed by atoms with Gasteiger partial charge in [0.25, 0.3) is 0 Å². The minimum atomic E-state index is -0.255. The molecule has 1 aromatic heterocycles. The number of carbonyl (C=O) groups is 1. The maximum absolute atomic E-state index is 12.5. The summed E-state index contributed by atoms with van der Waals surface area (Å²) in [7, 11) is 0. The molecule has 1 heterocycles. The number of nitrogens with zero attached hydrogens (tertiary/aromatic N) is 1. The molecule has 2 amide bonds. The highest BCUT2D eigenvalue weighted by Crippen LogP contribution is 2.18. The fourth-order valence-corrected chi connectivity index (χ4v) is 2.89. The largest absolute Gasteiger partial charge is 0.329 e. The number of halogens is 1. The van der Waals surface area contributed by atoms with E-state index in [0.29, 0.717) is 6.42 Å². The number of urea groups is 1. The second-order valence-corrected chi connectivity index (χ2v) is 7.02. The van der Waals surface area contributed by atoms with Gasteiger partial charge < -0.3 is 10.6 Å². The number of pyridine rings is 1. The van der Waals surface area contributed by atoms with Gasteiger partial charge in [-0.3, -0.25) is 4.98 Å². The van der Waals surface area contributed by atoms with Crippen LogP contribution < -0.4 is 10.6 Å². The predicted molar refractivity (Wildman–Crippen MR) is 108 cm³/mol. The first kappa shape index (κ1) is 18.1. The first-order valence-corrected chi connectivity index (χ1v) is 9.19. The van der Waals surface area contributed by atoms with Crippen molar-refractivity contribution in [2.24, 2.45) is 0 Å². The number of hydrogen-bond acceptors (Lipinski definition) is 2. The number of carbonyl (C=O) groups excluding carboxylic acids is 1. The number of nitrogens with one attached hydrogen (secondary N) is 2. The van der Waals surface area contributed by atoms with Gasteiger partial charge in [0.2, 0.25) is 0 Å². The minimum absolute atomic E-state index is 0.214. The summed E-state index contributed by atoms with van der Waals surface area (Å²) < 4.78 is 0.967. The highest BCUT2D eigenvalue weighted by molar-refractivity contribution is 9.10. The van der Waals surface area contributed by atoms with Gasteiger partial charge in [0.1, 0.15) is 0 Å². The van der Waals surface area contributed by atoms with Gasteiger partial charge in [0.15, 0.2) is 0 Å². The van der Waals surface area contributed by atoms with Crippen molar-refractivity contribution in [3.05, 3.63) is 94.2 Å². The second-order valence-electron chi connectivity index (χ2n) is 6.10. The highest BCUT2D eigenvalue weighted by Gasteiger charge is 2.16. The van der Waals surface area contributed by atoms with Crippen molar-refractivity contribution in [1.29, 1.82) is 0 Å². The van der Waals surface area contributed by atoms with Crippen molar-refractivity contribution >= 4 is 27.6 Å². The van der Waals surface area contributed by atoms with Crippen molar-refractivity contribution in [3.63, 3.8) is 0 Å². The third kappa shape index (κ3) is 5.17. The zero-order chi connectivity index (χ0) is 18.4. The summed E-state index contributed by atoms with van der Waals surface area (Å²) in [5.41, 5.74) is 3.93. The molecular weight excluding hydrogens is 390 g/mol. The number of aromatic nitrogens is 1. The van der Waals surface area contributed by atoms with Gasteiger partial charge in [-0.2, -0.15) is 0 Å². The minimum Gasteiger partial charge on any atom is -0.329 e. The van der Waals surface area contributed by atoms with E-state index in [1.807, 2.05) is 42.5 Å². The summed E-state index contributed by atoms with van der Waals surface area (Å²) in [4.78, 5) is 16.9. The molecule has 1 atom stereocenters. The van der Waals surface area contributed by atoms with Gasteiger partial charge in [0.05, 0.1) is 11.7 Å². The Morgan fingerprint density at radius 2 is 1.77 bits per heavy atom. The molecule has 0 saturated heterocycles. The lowest BCUT2D eigenvalue weighted by Crippen LogP contribution is -2.34. The molecule has 2 N–H and O–H groups in total. The Hall–Kier alpha value is -2.66. The van der Waals surface area contributed by atoms with E-state index in [1.165, 1.54) is 5.56 Å². The second kappa shape index (κ2) is 8.63. The van der Waals surface area contributed by atoms with Crippen molar-refractivity contribution in [1.82, 2.24) is 10.3 Å². The number of benzene rings is 2. The summed E-state index contributed by atoms with van der Waals surface area (Å²) in [5.74, 6) is 0. The predicted octanol–water partition coefficient (Wildman–Crippen LogP) is 5.26. The Balaban J connectivity index is 1.73. The van der Waals surface area contributed by atoms with Crippen molar-refractivity contribution in [2.45, 2.75) is 19.4 Å². The van der Waals surface area contributed by atoms with Crippen LogP contribution in [0.3, 0.4) is 0 Å². The van der Waals surface area contributed by atoms with Crippen LogP contribution in [0.4, 0.5) is 10.5 Å². The molecular formula is C21H20BrN3O. The van der Waals surface area contributed by atoms with E-state index >= 15 is 0 Å². The molecule has 2 aromatic carbocycles. The number of anilines is 1. The van der Waals surface area contributed by atoms with Crippen LogP contribution in [0.2, 0.25) is 0 Å². The van der Waals surface area contributed by atoms with E-state index in [4.69, 9.17) is 0 Å². The molecule has 0 saturated carbocycles. The first-order chi connectivity index (χ1) is 12.6. The lowest BCUT2D eigenvalue weighted by Gasteiger charge is -2.19. The monoisotopic (exact) mass is 409 g/mol. The van der Waals surface area contributed by atoms with Crippen LogP contribution in [0.25, 0.3) is 0 Å². The van der Waals surface area contributed by atoms with Gasteiger partial charge in [-0.15, -0.1) is 0 Å². The topological polar surface area (TPSA) is 54.0 Å². The summed E-state index contributed by atoms with van der Waals surface area (Å²) in [6.07, 6.45) is 2.41. The van der Waals surface area contributed by atoms with Gasteiger partial charge >= 0.3 is 6.03 Å². The van der Waals surface area contributed by atoms with E-state index < -0.39 is 0 Å². The zero-order valence-corrected chi connectivity index (χ0v) is 16.0. The number of hydrogen-bond donors (Lipinski definition) is 2. The van der Waals surface area contributed by atoms with E-state index in [-0.39, 0.29) is 12.1 Å². The fourth-order valence-electron chi connectivity index (χ4n) is 2.63. The summed E-state index contributed by atoms with van der Waals surface area (Å²) in [6.45, 7) is 2.06. The maximum atomic E-state index is 12.5. The van der Waals surface area contributed by atoms with Crippen LogP contribution in [0.15, 0.2) is 77.4 Å². The Labute approximate surface area is 161 Å². The maximum Gasteiger partial charge on any atom is 0.319 e. The molecule has 0 radical (unpaired) electrons. The first-order valence-electron chi connectivity index (χ1n) is 8.40. The highest BCUT2D eigenvalue weighted by atomic mass is 79.9. The van der Waals surface area contributed by atoms with Crippen LogP contribution in [-0.2, 0) is 6.42 Å². The third-order valence-electron chi connectivity index (χ3n) is 4.01. The zero-order valence-electron chi connectivity index (χ0n) is 14.4. The molecule has 3 rings (SSSR count). The van der Waals surface area contributed by atoms with Crippen LogP contribution in [0.5, 0.6) is 0 Å². The molecule has 0 fully saturated rings. The molecule has 4 nitrogen and oxygen atoms in total. The number of aryl methyl sites for hydroxylation is 1. The average molecular weight is 410 g/mol. The van der Waals surface area contributed by atoms with Gasteiger partial charge in [-0.1, -0.05) is 51.8 Å². The van der Waals surface area contributed by atoms with Crippen molar-refractivity contribution < 1.29 is 4.79 Å². The van der Waals surface area contributed by atoms with Crippen LogP contribution in [0, 0.1) is 6.92 Å². The molecule has 26 heavy (non-hydrogen) atoms. The van der Waals surface area contributed by atoms with Gasteiger partial charge in [0, 0.05) is 16.4 Å². The molecule has 132 valence electrons. The number of amides is 2. The molecule has 0 aliphatic heterocycles. The molecule has 0 spiro atoms. The molecule has 0 bridgehead atoms. The van der Waals surface area contributed by atoms with E-state index in [0.717, 1.165) is 21.4 Å². The summed E-state index contributed by atoms with van der Waals surface area (Å²) in [5, 5.41) is 5.90. The Morgan fingerprint density at radius 3 is 2.42 bits per heavy atom. The van der Waals surface area contributed by atoms with E-state index in [1.54, 1.807) is 6.20 Å². The standard InChI is InChI=1S/C21H20BrN3O/c1-15-5-7-16(8-6-15)14-20(19-4-2-3-13-23-19)25-21(26)24-18-11-9-17(22)10-12-18/h2-13,20H,14H2,1H3,(H2,24,25,26). The lowest BCUT2D eigenvalue weighted by atomic mass is 10.0. The molecule has 3 aromatic rings. The SMILES string of the molecule is Cc1ccc(CC(NC(=O)Nc2ccc(Br)cc2)c2ccccn2)cc1. The fraction of sp³-hybridized carbons (Fsp3) is 0.143. The summed E-state index contributed by atoms with van der Waals surface area (Å²) in [6, 6.07) is 21.0. The quantitative estimate of drug-likeness (QED) is 0.603. The third-order valence-corrected chi connectivity index (χ3v) is 4.54. The van der Waals surface area contributed by atoms with Crippen LogP contribution in [-0.4, -0.2) is 11.0 Å². The van der Waals surface area contributed by atoms with Crippen molar-refractivity contribution in [2.75, 3.05) is 5.32 Å². The smallest absolute Gasteiger partial charge is 0.319 e. The molecule has 1 unspecified atom stereocenters.